The number of aromatic amines is 1. The summed E-state index contributed by atoms with van der Waals surface area (Å²) in [6.45, 7) is 1.80. The van der Waals surface area contributed by atoms with E-state index in [-0.39, 0.29) is 18.0 Å². The highest BCUT2D eigenvalue weighted by atomic mass is 35.5. The Hall–Kier alpha value is -1.96. The topological polar surface area (TPSA) is 86.6 Å². The first-order valence-corrected chi connectivity index (χ1v) is 7.17. The predicted octanol–water partition coefficient (Wildman–Crippen LogP) is 2.38. The van der Waals surface area contributed by atoms with E-state index in [2.05, 4.69) is 20.3 Å². The molecule has 1 aliphatic heterocycles. The van der Waals surface area contributed by atoms with E-state index in [1.54, 1.807) is 19.1 Å². The molecule has 0 amide bonds. The molecule has 1 aliphatic rings. The van der Waals surface area contributed by atoms with Crippen molar-refractivity contribution in [3.05, 3.63) is 47.0 Å². The Kier molecular flexibility index (Phi) is 4.10. The zero-order valence-electron chi connectivity index (χ0n) is 12.1. The van der Waals surface area contributed by atoms with Crippen LogP contribution in [0.1, 0.15) is 30.3 Å². The van der Waals surface area contributed by atoms with E-state index in [0.717, 1.165) is 5.56 Å². The highest BCUT2D eigenvalue weighted by Gasteiger charge is 2.53. The number of H-pyrrole nitrogens is 1. The lowest BCUT2D eigenvalue weighted by Gasteiger charge is -2.50. The van der Waals surface area contributed by atoms with Crippen LogP contribution in [0.25, 0.3) is 0 Å². The van der Waals surface area contributed by atoms with Gasteiger partial charge in [0.25, 0.3) is 0 Å². The monoisotopic (exact) mass is 321 g/mol. The number of nitrogens with zero attached hydrogens (tertiary/aromatic N) is 4. The van der Waals surface area contributed by atoms with Gasteiger partial charge in [0.2, 0.25) is 0 Å². The standard InChI is InChI=1S/C14H16ClN5O2/c1-8(19-22-2)12-11(14-16-7-17-18-14)13(20(12)21)9-3-5-10(15)6-4-9/h3-7,11-13,21H,1-2H3,(H,16,17,18). The van der Waals surface area contributed by atoms with Crippen LogP contribution in [-0.2, 0) is 4.84 Å². The van der Waals surface area contributed by atoms with Crippen LogP contribution in [0.3, 0.4) is 0 Å². The summed E-state index contributed by atoms with van der Waals surface area (Å²) in [5, 5.41) is 23.1. The second-order valence-corrected chi connectivity index (χ2v) is 5.57. The van der Waals surface area contributed by atoms with Crippen LogP contribution >= 0.6 is 11.6 Å². The average molecular weight is 322 g/mol. The van der Waals surface area contributed by atoms with E-state index in [1.807, 2.05) is 12.1 Å². The van der Waals surface area contributed by atoms with Gasteiger partial charge in [0.05, 0.1) is 23.7 Å². The number of hydroxylamine groups is 2. The molecule has 3 unspecified atom stereocenters. The van der Waals surface area contributed by atoms with Gasteiger partial charge < -0.3 is 10.0 Å². The lowest BCUT2D eigenvalue weighted by molar-refractivity contribution is -0.221. The molecule has 0 spiro atoms. The van der Waals surface area contributed by atoms with Crippen LogP contribution in [0, 0.1) is 0 Å². The van der Waals surface area contributed by atoms with Gasteiger partial charge in [0.15, 0.2) is 0 Å². The average Bonchev–Trinajstić information content (AvgIpc) is 3.00. The van der Waals surface area contributed by atoms with Gasteiger partial charge >= 0.3 is 0 Å². The molecule has 3 atom stereocenters. The van der Waals surface area contributed by atoms with Crippen molar-refractivity contribution < 1.29 is 10.0 Å². The summed E-state index contributed by atoms with van der Waals surface area (Å²) in [6, 6.07) is 6.79. The normalized spacial score (nSPS) is 25.8. The number of hydrogen-bond donors (Lipinski definition) is 2. The van der Waals surface area contributed by atoms with Gasteiger partial charge in [-0.3, -0.25) is 5.10 Å². The zero-order chi connectivity index (χ0) is 15.7. The minimum absolute atomic E-state index is 0.104. The maximum Gasteiger partial charge on any atom is 0.137 e. The molecule has 1 aromatic carbocycles. The van der Waals surface area contributed by atoms with Crippen molar-refractivity contribution >= 4 is 17.3 Å². The third kappa shape index (κ3) is 2.47. The molecule has 1 fully saturated rings. The molecule has 22 heavy (non-hydrogen) atoms. The first kappa shape index (κ1) is 15.0. The minimum atomic E-state index is -0.325. The summed E-state index contributed by atoms with van der Waals surface area (Å²) in [7, 11) is 1.48. The van der Waals surface area contributed by atoms with Crippen molar-refractivity contribution in [2.24, 2.45) is 5.16 Å². The van der Waals surface area contributed by atoms with Crippen molar-refractivity contribution in [2.75, 3.05) is 7.11 Å². The van der Waals surface area contributed by atoms with Crippen molar-refractivity contribution in [2.45, 2.75) is 24.9 Å². The van der Waals surface area contributed by atoms with Gasteiger partial charge in [-0.1, -0.05) is 28.9 Å². The first-order chi connectivity index (χ1) is 10.6. The van der Waals surface area contributed by atoms with Crippen LogP contribution in [-0.4, -0.2) is 44.3 Å². The molecular formula is C14H16ClN5O2. The second kappa shape index (κ2) is 6.04. The third-order valence-corrected chi connectivity index (χ3v) is 4.13. The van der Waals surface area contributed by atoms with Gasteiger partial charge in [-0.05, 0) is 24.6 Å². The smallest absolute Gasteiger partial charge is 0.137 e. The van der Waals surface area contributed by atoms with Gasteiger partial charge in [0.1, 0.15) is 19.3 Å². The Morgan fingerprint density at radius 3 is 2.73 bits per heavy atom. The van der Waals surface area contributed by atoms with Crippen molar-refractivity contribution in [3.8, 4) is 0 Å². The molecule has 116 valence electrons. The van der Waals surface area contributed by atoms with Crippen LogP contribution in [0.2, 0.25) is 5.02 Å². The fourth-order valence-electron chi connectivity index (χ4n) is 2.92. The quantitative estimate of drug-likeness (QED) is 0.667. The summed E-state index contributed by atoms with van der Waals surface area (Å²) >= 11 is 5.93. The molecule has 2 aromatic rings. The highest BCUT2D eigenvalue weighted by molar-refractivity contribution is 6.30. The Morgan fingerprint density at radius 2 is 2.14 bits per heavy atom. The number of aromatic nitrogens is 3. The van der Waals surface area contributed by atoms with E-state index < -0.39 is 0 Å². The van der Waals surface area contributed by atoms with Crippen molar-refractivity contribution in [1.29, 1.82) is 0 Å². The zero-order valence-corrected chi connectivity index (χ0v) is 12.9. The summed E-state index contributed by atoms with van der Waals surface area (Å²) in [5.41, 5.74) is 1.60. The number of oxime groups is 1. The molecule has 0 bridgehead atoms. The van der Waals surface area contributed by atoms with Gasteiger partial charge in [-0.25, -0.2) is 4.98 Å². The van der Waals surface area contributed by atoms with E-state index in [0.29, 0.717) is 16.6 Å². The van der Waals surface area contributed by atoms with Gasteiger partial charge in [0, 0.05) is 5.02 Å². The first-order valence-electron chi connectivity index (χ1n) is 6.79. The molecule has 0 saturated carbocycles. The Morgan fingerprint density at radius 1 is 1.41 bits per heavy atom. The number of hydrogen-bond acceptors (Lipinski definition) is 6. The third-order valence-electron chi connectivity index (χ3n) is 3.87. The maximum absolute atomic E-state index is 10.5. The Balaban J connectivity index is 1.96. The minimum Gasteiger partial charge on any atom is -0.399 e. The number of nitrogens with one attached hydrogen (secondary N) is 1. The molecule has 7 nitrogen and oxygen atoms in total. The van der Waals surface area contributed by atoms with Crippen molar-refractivity contribution in [3.63, 3.8) is 0 Å². The summed E-state index contributed by atoms with van der Waals surface area (Å²) in [6.07, 6.45) is 1.45. The van der Waals surface area contributed by atoms with Crippen LogP contribution in [0.5, 0.6) is 0 Å². The molecule has 1 saturated heterocycles. The fraction of sp³-hybridized carbons (Fsp3) is 0.357. The maximum atomic E-state index is 10.5. The van der Waals surface area contributed by atoms with E-state index in [1.165, 1.54) is 18.5 Å². The summed E-state index contributed by atoms with van der Waals surface area (Å²) in [4.78, 5) is 9.05. The fourth-order valence-corrected chi connectivity index (χ4v) is 3.04. The molecule has 3 rings (SSSR count). The van der Waals surface area contributed by atoms with Crippen LogP contribution in [0.4, 0.5) is 0 Å². The Bertz CT molecular complexity index is 658. The summed E-state index contributed by atoms with van der Waals surface area (Å²) < 4.78 is 0. The van der Waals surface area contributed by atoms with Crippen LogP contribution < -0.4 is 0 Å². The molecule has 0 aliphatic carbocycles. The predicted molar refractivity (Wildman–Crippen MR) is 80.8 cm³/mol. The molecule has 2 heterocycles. The molecular weight excluding hydrogens is 306 g/mol. The van der Waals surface area contributed by atoms with E-state index >= 15 is 0 Å². The van der Waals surface area contributed by atoms with Crippen LogP contribution in [0.15, 0.2) is 35.7 Å². The molecule has 1 aromatic heterocycles. The number of benzene rings is 1. The van der Waals surface area contributed by atoms with Gasteiger partial charge in [-0.2, -0.15) is 10.2 Å². The lowest BCUT2D eigenvalue weighted by Crippen LogP contribution is -2.58. The SMILES string of the molecule is CON=C(C)C1C(c2ncn[nH]2)C(c2ccc(Cl)cc2)N1O. The lowest BCUT2D eigenvalue weighted by atomic mass is 9.75. The second-order valence-electron chi connectivity index (χ2n) is 5.13. The Labute approximate surface area is 132 Å². The number of halogens is 1. The highest BCUT2D eigenvalue weighted by Crippen LogP contribution is 2.48. The summed E-state index contributed by atoms with van der Waals surface area (Å²) in [5.74, 6) is 0.591. The number of rotatable bonds is 4. The molecule has 8 heteroatoms. The molecule has 2 N–H and O–H groups in total. The van der Waals surface area contributed by atoms with E-state index in [4.69, 9.17) is 16.4 Å². The van der Waals surface area contributed by atoms with Crippen molar-refractivity contribution in [1.82, 2.24) is 20.2 Å². The van der Waals surface area contributed by atoms with E-state index in [9.17, 15) is 5.21 Å². The largest absolute Gasteiger partial charge is 0.399 e. The van der Waals surface area contributed by atoms with Gasteiger partial charge in [-0.15, -0.1) is 0 Å². The molecule has 0 radical (unpaired) electrons.